The number of anilines is 2. The number of halogens is 3. The first kappa shape index (κ1) is 16.7. The van der Waals surface area contributed by atoms with Crippen LogP contribution in [0.5, 0.6) is 0 Å². The number of hydrogen-bond acceptors (Lipinski definition) is 6. The summed E-state index contributed by atoms with van der Waals surface area (Å²) >= 11 is 0. The maximum absolute atomic E-state index is 13.1. The molecule has 2 aromatic heterocycles. The molecule has 1 saturated carbocycles. The lowest BCUT2D eigenvalue weighted by Crippen LogP contribution is -2.36. The number of rotatable bonds is 2. The SMILES string of the molecule is CC1(O)CCC(Nc2ncc3c(N)ncc(C(F)(F)F)c3n2)CC1. The molecule has 9 heteroatoms. The number of aromatic nitrogens is 3. The summed E-state index contributed by atoms with van der Waals surface area (Å²) in [5.74, 6) is 0.0726. The number of nitrogens with zero attached hydrogens (tertiary/aromatic N) is 3. The number of nitrogens with two attached hydrogens (primary N) is 1. The van der Waals surface area contributed by atoms with Crippen LogP contribution < -0.4 is 11.1 Å². The van der Waals surface area contributed by atoms with Crippen LogP contribution in [0.3, 0.4) is 0 Å². The van der Waals surface area contributed by atoms with Gasteiger partial charge in [0.15, 0.2) is 0 Å². The van der Waals surface area contributed by atoms with Gasteiger partial charge in [-0.05, 0) is 32.6 Å². The highest BCUT2D eigenvalue weighted by atomic mass is 19.4. The van der Waals surface area contributed by atoms with Gasteiger partial charge in [0.1, 0.15) is 11.4 Å². The van der Waals surface area contributed by atoms with E-state index < -0.39 is 17.3 Å². The van der Waals surface area contributed by atoms with Crippen molar-refractivity contribution in [2.45, 2.75) is 50.4 Å². The molecule has 0 aromatic carbocycles. The van der Waals surface area contributed by atoms with Gasteiger partial charge in [0, 0.05) is 18.4 Å². The van der Waals surface area contributed by atoms with E-state index in [4.69, 9.17) is 5.73 Å². The van der Waals surface area contributed by atoms with Crippen molar-refractivity contribution in [3.8, 4) is 0 Å². The van der Waals surface area contributed by atoms with Crippen LogP contribution in [0.1, 0.15) is 38.2 Å². The van der Waals surface area contributed by atoms with Crippen LogP contribution in [0.15, 0.2) is 12.4 Å². The van der Waals surface area contributed by atoms with Gasteiger partial charge < -0.3 is 16.2 Å². The Morgan fingerprint density at radius 2 is 1.92 bits per heavy atom. The van der Waals surface area contributed by atoms with E-state index >= 15 is 0 Å². The third kappa shape index (κ3) is 3.35. The van der Waals surface area contributed by atoms with Crippen molar-refractivity contribution in [3.63, 3.8) is 0 Å². The predicted octanol–water partition coefficient (Wildman–Crippen LogP) is 2.73. The molecule has 2 heterocycles. The van der Waals surface area contributed by atoms with E-state index in [0.29, 0.717) is 31.9 Å². The number of alkyl halides is 3. The molecule has 1 aliphatic carbocycles. The molecule has 130 valence electrons. The van der Waals surface area contributed by atoms with Gasteiger partial charge in [0.2, 0.25) is 5.95 Å². The number of nitrogen functional groups attached to an aromatic ring is 1. The van der Waals surface area contributed by atoms with Gasteiger partial charge in [-0.15, -0.1) is 0 Å². The molecule has 4 N–H and O–H groups in total. The monoisotopic (exact) mass is 341 g/mol. The Morgan fingerprint density at radius 1 is 1.25 bits per heavy atom. The van der Waals surface area contributed by atoms with Crippen LogP contribution >= 0.6 is 0 Å². The third-order valence-electron chi connectivity index (χ3n) is 4.35. The molecule has 0 atom stereocenters. The maximum Gasteiger partial charge on any atom is 0.419 e. The van der Waals surface area contributed by atoms with Gasteiger partial charge in [-0.25, -0.2) is 15.0 Å². The lowest BCUT2D eigenvalue weighted by molar-refractivity contribution is -0.136. The highest BCUT2D eigenvalue weighted by Gasteiger charge is 2.35. The van der Waals surface area contributed by atoms with E-state index in [1.54, 1.807) is 6.92 Å². The molecular formula is C15H18F3N5O. The molecule has 0 bridgehead atoms. The van der Waals surface area contributed by atoms with Gasteiger partial charge in [-0.2, -0.15) is 13.2 Å². The van der Waals surface area contributed by atoms with Crippen LogP contribution in [-0.2, 0) is 6.18 Å². The molecule has 1 aliphatic rings. The van der Waals surface area contributed by atoms with Gasteiger partial charge in [0.05, 0.1) is 16.5 Å². The molecular weight excluding hydrogens is 323 g/mol. The molecule has 0 radical (unpaired) electrons. The zero-order chi connectivity index (χ0) is 17.5. The summed E-state index contributed by atoms with van der Waals surface area (Å²) < 4.78 is 39.4. The average Bonchev–Trinajstić information content (AvgIpc) is 2.48. The van der Waals surface area contributed by atoms with Crippen LogP contribution in [0.2, 0.25) is 0 Å². The number of pyridine rings is 1. The molecule has 0 unspecified atom stereocenters. The van der Waals surface area contributed by atoms with Crippen molar-refractivity contribution in [2.24, 2.45) is 0 Å². The fourth-order valence-electron chi connectivity index (χ4n) is 2.88. The van der Waals surface area contributed by atoms with Crippen LogP contribution in [-0.4, -0.2) is 31.7 Å². The van der Waals surface area contributed by atoms with E-state index in [0.717, 1.165) is 0 Å². The minimum atomic E-state index is -4.58. The van der Waals surface area contributed by atoms with Gasteiger partial charge >= 0.3 is 6.18 Å². The summed E-state index contributed by atoms with van der Waals surface area (Å²) in [5.41, 5.74) is 3.73. The molecule has 3 rings (SSSR count). The van der Waals surface area contributed by atoms with Crippen molar-refractivity contribution < 1.29 is 18.3 Å². The second kappa shape index (κ2) is 5.73. The fraction of sp³-hybridized carbons (Fsp3) is 0.533. The number of nitrogens with one attached hydrogen (secondary N) is 1. The Balaban J connectivity index is 1.91. The molecule has 0 aliphatic heterocycles. The van der Waals surface area contributed by atoms with Crippen LogP contribution in [0.25, 0.3) is 10.9 Å². The molecule has 0 amide bonds. The topological polar surface area (TPSA) is 97.0 Å². The second-order valence-corrected chi connectivity index (χ2v) is 6.43. The Hall–Kier alpha value is -2.16. The Morgan fingerprint density at radius 3 is 2.54 bits per heavy atom. The van der Waals surface area contributed by atoms with Gasteiger partial charge in [-0.1, -0.05) is 0 Å². The van der Waals surface area contributed by atoms with Crippen molar-refractivity contribution >= 4 is 22.7 Å². The molecule has 24 heavy (non-hydrogen) atoms. The van der Waals surface area contributed by atoms with Crippen molar-refractivity contribution in [2.75, 3.05) is 11.1 Å². The smallest absolute Gasteiger partial charge is 0.390 e. The summed E-state index contributed by atoms with van der Waals surface area (Å²) in [7, 11) is 0. The first-order valence-electron chi connectivity index (χ1n) is 7.63. The second-order valence-electron chi connectivity index (χ2n) is 6.43. The largest absolute Gasteiger partial charge is 0.419 e. The van der Waals surface area contributed by atoms with Crippen molar-refractivity contribution in [1.82, 2.24) is 15.0 Å². The van der Waals surface area contributed by atoms with E-state index in [1.807, 2.05) is 0 Å². The number of hydrogen-bond donors (Lipinski definition) is 3. The van der Waals surface area contributed by atoms with Crippen LogP contribution in [0.4, 0.5) is 24.9 Å². The van der Waals surface area contributed by atoms with E-state index in [9.17, 15) is 18.3 Å². The highest BCUT2D eigenvalue weighted by molar-refractivity contribution is 5.90. The lowest BCUT2D eigenvalue weighted by atomic mass is 9.84. The average molecular weight is 341 g/mol. The summed E-state index contributed by atoms with van der Waals surface area (Å²) in [6, 6.07) is 0.0104. The molecule has 0 spiro atoms. The summed E-state index contributed by atoms with van der Waals surface area (Å²) in [6.45, 7) is 1.78. The Bertz CT molecular complexity index is 753. The van der Waals surface area contributed by atoms with E-state index in [-0.39, 0.29) is 28.7 Å². The zero-order valence-electron chi connectivity index (χ0n) is 13.1. The number of aliphatic hydroxyl groups is 1. The summed E-state index contributed by atoms with van der Waals surface area (Å²) in [6.07, 6.45) is -0.0224. The molecule has 6 nitrogen and oxygen atoms in total. The quantitative estimate of drug-likeness (QED) is 0.777. The normalized spacial score (nSPS) is 25.0. The summed E-state index contributed by atoms with van der Waals surface area (Å²) in [5, 5.41) is 13.1. The minimum absolute atomic E-state index is 0.0104. The summed E-state index contributed by atoms with van der Waals surface area (Å²) in [4.78, 5) is 11.6. The Kier molecular flexibility index (Phi) is 3.98. The first-order chi connectivity index (χ1) is 11.2. The molecule has 2 aromatic rings. The van der Waals surface area contributed by atoms with Crippen molar-refractivity contribution in [3.05, 3.63) is 18.0 Å². The minimum Gasteiger partial charge on any atom is -0.390 e. The van der Waals surface area contributed by atoms with Crippen LogP contribution in [0, 0.1) is 0 Å². The maximum atomic E-state index is 13.1. The zero-order valence-corrected chi connectivity index (χ0v) is 13.1. The van der Waals surface area contributed by atoms with E-state index in [1.165, 1.54) is 6.20 Å². The Labute approximate surface area is 136 Å². The van der Waals surface area contributed by atoms with Crippen molar-refractivity contribution in [1.29, 1.82) is 0 Å². The fourth-order valence-corrected chi connectivity index (χ4v) is 2.88. The van der Waals surface area contributed by atoms with Gasteiger partial charge in [0.25, 0.3) is 0 Å². The number of fused-ring (bicyclic) bond motifs is 1. The molecule has 1 fully saturated rings. The van der Waals surface area contributed by atoms with Gasteiger partial charge in [-0.3, -0.25) is 0 Å². The third-order valence-corrected chi connectivity index (χ3v) is 4.35. The standard InChI is InChI=1S/C15H18F3N5O/c1-14(24)4-2-8(3-5-14)22-13-21-6-9-11(23-13)10(15(16,17)18)7-20-12(9)19/h6-8,24H,2-5H2,1H3,(H2,19,20)(H,21,22,23). The predicted molar refractivity (Wildman–Crippen MR) is 83.2 cm³/mol. The lowest BCUT2D eigenvalue weighted by Gasteiger charge is -2.33. The first-order valence-corrected chi connectivity index (χ1v) is 7.63. The molecule has 0 saturated heterocycles. The highest BCUT2D eigenvalue weighted by Crippen LogP contribution is 2.35. The van der Waals surface area contributed by atoms with E-state index in [2.05, 4.69) is 20.3 Å².